The molecule has 4 rings (SSSR count). The molecule has 1 amide bonds. The van der Waals surface area contributed by atoms with Crippen LogP contribution in [0.3, 0.4) is 0 Å². The maximum Gasteiger partial charge on any atom is 0.232 e. The van der Waals surface area contributed by atoms with Gasteiger partial charge in [-0.3, -0.25) is 9.78 Å². The maximum atomic E-state index is 12.3. The van der Waals surface area contributed by atoms with E-state index in [1.165, 1.54) is 0 Å². The van der Waals surface area contributed by atoms with Crippen molar-refractivity contribution in [2.75, 3.05) is 11.4 Å². The summed E-state index contributed by atoms with van der Waals surface area (Å²) in [6.07, 6.45) is 3.69. The summed E-state index contributed by atoms with van der Waals surface area (Å²) in [5.74, 6) is 0.830. The molecule has 0 aliphatic carbocycles. The van der Waals surface area contributed by atoms with Crippen LogP contribution in [-0.4, -0.2) is 27.6 Å². The molecule has 0 N–H and O–H groups in total. The van der Waals surface area contributed by atoms with E-state index >= 15 is 0 Å². The van der Waals surface area contributed by atoms with Crippen molar-refractivity contribution in [3.05, 3.63) is 59.7 Å². The number of halogens is 1. The van der Waals surface area contributed by atoms with Crippen molar-refractivity contribution >= 4 is 23.2 Å². The molecule has 1 aromatic carbocycles. The van der Waals surface area contributed by atoms with Gasteiger partial charge in [-0.25, -0.2) is 0 Å². The lowest BCUT2D eigenvalue weighted by atomic mass is 10.1. The number of carbonyl (C=O) groups is 1. The Morgan fingerprint density at radius 3 is 2.96 bits per heavy atom. The van der Waals surface area contributed by atoms with Crippen LogP contribution in [0, 0.1) is 0 Å². The highest BCUT2D eigenvalue weighted by Gasteiger charge is 2.35. The molecule has 3 aromatic rings. The monoisotopic (exact) mass is 340 g/mol. The van der Waals surface area contributed by atoms with Crippen molar-refractivity contribution in [2.24, 2.45) is 0 Å². The number of carbonyl (C=O) groups excluding carboxylic acids is 1. The van der Waals surface area contributed by atoms with Gasteiger partial charge < -0.3 is 9.42 Å². The van der Waals surface area contributed by atoms with E-state index in [2.05, 4.69) is 15.1 Å². The molecular formula is C17H13ClN4O2. The van der Waals surface area contributed by atoms with Crippen LogP contribution in [0.25, 0.3) is 11.4 Å². The molecule has 1 aliphatic rings. The highest BCUT2D eigenvalue weighted by Crippen LogP contribution is 2.32. The Balaban J connectivity index is 1.56. The fourth-order valence-electron chi connectivity index (χ4n) is 2.78. The molecular weight excluding hydrogens is 328 g/mol. The quantitative estimate of drug-likeness (QED) is 0.731. The van der Waals surface area contributed by atoms with E-state index < -0.39 is 0 Å². The van der Waals surface area contributed by atoms with E-state index in [1.54, 1.807) is 29.4 Å². The molecule has 1 saturated heterocycles. The van der Waals surface area contributed by atoms with E-state index in [4.69, 9.17) is 16.1 Å². The van der Waals surface area contributed by atoms with Crippen LogP contribution in [0.2, 0.25) is 5.02 Å². The predicted octanol–water partition coefficient (Wildman–Crippen LogP) is 3.31. The Bertz CT molecular complexity index is 881. The highest BCUT2D eigenvalue weighted by atomic mass is 35.5. The van der Waals surface area contributed by atoms with Crippen LogP contribution >= 0.6 is 11.6 Å². The Hall–Kier alpha value is -2.73. The van der Waals surface area contributed by atoms with Gasteiger partial charge in [0.15, 0.2) is 0 Å². The van der Waals surface area contributed by atoms with Crippen LogP contribution in [0.4, 0.5) is 5.69 Å². The number of aromatic nitrogens is 3. The fourth-order valence-corrected chi connectivity index (χ4v) is 2.96. The second-order valence-corrected chi connectivity index (χ2v) is 6.02. The summed E-state index contributed by atoms with van der Waals surface area (Å²) in [7, 11) is 0. The first kappa shape index (κ1) is 14.8. The zero-order chi connectivity index (χ0) is 16.5. The van der Waals surface area contributed by atoms with Crippen LogP contribution in [0.5, 0.6) is 0 Å². The van der Waals surface area contributed by atoms with Crippen LogP contribution < -0.4 is 4.90 Å². The molecule has 7 heteroatoms. The molecule has 0 radical (unpaired) electrons. The number of hydrogen-bond donors (Lipinski definition) is 0. The maximum absolute atomic E-state index is 12.3. The number of nitrogens with zero attached hydrogens (tertiary/aromatic N) is 4. The van der Waals surface area contributed by atoms with Crippen LogP contribution in [0.15, 0.2) is 53.3 Å². The molecule has 0 spiro atoms. The third kappa shape index (κ3) is 2.76. The number of pyridine rings is 1. The molecule has 6 nitrogen and oxygen atoms in total. The van der Waals surface area contributed by atoms with Gasteiger partial charge in [0, 0.05) is 41.6 Å². The average molecular weight is 341 g/mol. The summed E-state index contributed by atoms with van der Waals surface area (Å²) in [4.78, 5) is 22.5. The normalized spacial score (nSPS) is 17.5. The molecule has 0 saturated carbocycles. The number of benzene rings is 1. The Kier molecular flexibility index (Phi) is 3.74. The summed E-state index contributed by atoms with van der Waals surface area (Å²) in [5.41, 5.74) is 1.56. The average Bonchev–Trinajstić information content (AvgIpc) is 3.22. The van der Waals surface area contributed by atoms with E-state index in [-0.39, 0.29) is 11.8 Å². The summed E-state index contributed by atoms with van der Waals surface area (Å²) in [5, 5.41) is 4.59. The van der Waals surface area contributed by atoms with Gasteiger partial charge in [0.05, 0.1) is 5.92 Å². The summed E-state index contributed by atoms with van der Waals surface area (Å²) >= 11 is 6.01. The summed E-state index contributed by atoms with van der Waals surface area (Å²) in [6.45, 7) is 0.494. The lowest BCUT2D eigenvalue weighted by Gasteiger charge is -2.16. The molecule has 0 bridgehead atoms. The van der Waals surface area contributed by atoms with Crippen molar-refractivity contribution in [3.63, 3.8) is 0 Å². The first-order valence-electron chi connectivity index (χ1n) is 7.50. The van der Waals surface area contributed by atoms with Gasteiger partial charge in [0.2, 0.25) is 17.6 Å². The summed E-state index contributed by atoms with van der Waals surface area (Å²) in [6, 6.07) is 10.9. The molecule has 2 aromatic heterocycles. The van der Waals surface area contributed by atoms with Crippen LogP contribution in [-0.2, 0) is 4.79 Å². The lowest BCUT2D eigenvalue weighted by molar-refractivity contribution is -0.117. The van der Waals surface area contributed by atoms with Crippen molar-refractivity contribution in [2.45, 2.75) is 12.3 Å². The van der Waals surface area contributed by atoms with Crippen molar-refractivity contribution in [3.8, 4) is 11.4 Å². The largest absolute Gasteiger partial charge is 0.339 e. The molecule has 1 fully saturated rings. The van der Waals surface area contributed by atoms with Gasteiger partial charge in [0.25, 0.3) is 0 Å². The second kappa shape index (κ2) is 6.05. The lowest BCUT2D eigenvalue weighted by Crippen LogP contribution is -2.24. The number of rotatable bonds is 3. The van der Waals surface area contributed by atoms with Crippen molar-refractivity contribution in [1.82, 2.24) is 15.1 Å². The predicted molar refractivity (Wildman–Crippen MR) is 88.7 cm³/mol. The van der Waals surface area contributed by atoms with Gasteiger partial charge in [-0.15, -0.1) is 0 Å². The minimum Gasteiger partial charge on any atom is -0.339 e. The minimum atomic E-state index is -0.130. The fraction of sp³-hybridized carbons (Fsp3) is 0.176. The summed E-state index contributed by atoms with van der Waals surface area (Å²) < 4.78 is 5.37. The van der Waals surface area contributed by atoms with Gasteiger partial charge in [-0.05, 0) is 30.3 Å². The molecule has 1 atom stereocenters. The number of hydrogen-bond acceptors (Lipinski definition) is 5. The third-order valence-electron chi connectivity index (χ3n) is 3.96. The molecule has 1 unspecified atom stereocenters. The van der Waals surface area contributed by atoms with Crippen molar-refractivity contribution < 1.29 is 9.32 Å². The van der Waals surface area contributed by atoms with Crippen LogP contribution in [0.1, 0.15) is 18.2 Å². The smallest absolute Gasteiger partial charge is 0.232 e. The molecule has 120 valence electrons. The second-order valence-electron chi connectivity index (χ2n) is 5.58. The first-order valence-corrected chi connectivity index (χ1v) is 7.88. The Morgan fingerprint density at radius 1 is 1.25 bits per heavy atom. The SMILES string of the molecule is O=C1CC(c2nc(-c3cccnc3)no2)CN1c1cccc(Cl)c1. The van der Waals surface area contributed by atoms with Crippen molar-refractivity contribution in [1.29, 1.82) is 0 Å². The molecule has 24 heavy (non-hydrogen) atoms. The third-order valence-corrected chi connectivity index (χ3v) is 4.19. The van der Waals surface area contributed by atoms with E-state index in [0.717, 1.165) is 11.3 Å². The van der Waals surface area contributed by atoms with E-state index in [0.29, 0.717) is 29.7 Å². The Morgan fingerprint density at radius 2 is 2.17 bits per heavy atom. The zero-order valence-electron chi connectivity index (χ0n) is 12.6. The van der Waals surface area contributed by atoms with Gasteiger partial charge in [0.1, 0.15) is 0 Å². The molecule has 3 heterocycles. The molecule has 1 aliphatic heterocycles. The van der Waals surface area contributed by atoms with Gasteiger partial charge in [-0.1, -0.05) is 22.8 Å². The Labute approximate surface area is 143 Å². The number of anilines is 1. The highest BCUT2D eigenvalue weighted by molar-refractivity contribution is 6.30. The minimum absolute atomic E-state index is 0.0170. The van der Waals surface area contributed by atoms with E-state index in [9.17, 15) is 4.79 Å². The van der Waals surface area contributed by atoms with Gasteiger partial charge in [-0.2, -0.15) is 4.98 Å². The van der Waals surface area contributed by atoms with E-state index in [1.807, 2.05) is 24.3 Å². The first-order chi connectivity index (χ1) is 11.7. The number of amides is 1. The van der Waals surface area contributed by atoms with Gasteiger partial charge >= 0.3 is 0 Å². The standard InChI is InChI=1S/C17H13ClN4O2/c18-13-4-1-5-14(8-13)22-10-12(7-15(22)23)17-20-16(21-24-17)11-3-2-6-19-9-11/h1-6,8-9,12H,7,10H2. The topological polar surface area (TPSA) is 72.1 Å². The zero-order valence-corrected chi connectivity index (χ0v) is 13.3.